The summed E-state index contributed by atoms with van der Waals surface area (Å²) in [6.07, 6.45) is 10.4. The summed E-state index contributed by atoms with van der Waals surface area (Å²) in [5, 5.41) is 17.3. The molecular weight excluding hydrogens is 324 g/mol. The van der Waals surface area contributed by atoms with E-state index in [-0.39, 0.29) is 25.2 Å². The zero-order chi connectivity index (χ0) is 18.6. The van der Waals surface area contributed by atoms with E-state index in [0.29, 0.717) is 26.1 Å². The zero-order valence-electron chi connectivity index (χ0n) is 15.5. The van der Waals surface area contributed by atoms with Crippen LogP contribution >= 0.6 is 0 Å². The lowest BCUT2D eigenvalue weighted by molar-refractivity contribution is -0.144. The first-order chi connectivity index (χ1) is 12.2. The zero-order valence-corrected chi connectivity index (χ0v) is 15.5. The fourth-order valence-corrected chi connectivity index (χ4v) is 2.37. The van der Waals surface area contributed by atoms with Gasteiger partial charge in [-0.1, -0.05) is 32.1 Å². The molecule has 0 aliphatic carbocycles. The quantitative estimate of drug-likeness (QED) is 0.288. The molecule has 25 heavy (non-hydrogen) atoms. The van der Waals surface area contributed by atoms with E-state index in [0.717, 1.165) is 70.6 Å². The Balaban J connectivity index is 3.23. The maximum absolute atomic E-state index is 11.4. The smallest absolute Gasteiger partial charge is 0.305 e. The SMILES string of the molecule is O=C(CCCCCO)OCCCCCCCOC(=O)CCCCCO. The highest BCUT2D eigenvalue weighted by atomic mass is 16.5. The maximum atomic E-state index is 11.4. The minimum atomic E-state index is -0.149. The number of carbonyl (C=O) groups excluding carboxylic acids is 2. The molecule has 0 radical (unpaired) electrons. The molecule has 0 spiro atoms. The molecule has 0 unspecified atom stereocenters. The van der Waals surface area contributed by atoms with Crippen molar-refractivity contribution in [2.45, 2.75) is 83.5 Å². The van der Waals surface area contributed by atoms with Crippen LogP contribution in [0.1, 0.15) is 83.5 Å². The number of carbonyl (C=O) groups is 2. The van der Waals surface area contributed by atoms with Gasteiger partial charge < -0.3 is 19.7 Å². The minimum absolute atomic E-state index is 0.149. The molecule has 0 aromatic carbocycles. The number of ether oxygens (including phenoxy) is 2. The molecule has 0 aliphatic heterocycles. The van der Waals surface area contributed by atoms with E-state index >= 15 is 0 Å². The Bertz CT molecular complexity index is 289. The van der Waals surface area contributed by atoms with Crippen LogP contribution in [0.15, 0.2) is 0 Å². The normalized spacial score (nSPS) is 10.6. The fraction of sp³-hybridized carbons (Fsp3) is 0.895. The summed E-state index contributed by atoms with van der Waals surface area (Å²) in [4.78, 5) is 22.8. The molecule has 0 aromatic rings. The highest BCUT2D eigenvalue weighted by Gasteiger charge is 2.03. The molecule has 148 valence electrons. The van der Waals surface area contributed by atoms with E-state index in [1.807, 2.05) is 0 Å². The van der Waals surface area contributed by atoms with Gasteiger partial charge in [0.05, 0.1) is 13.2 Å². The van der Waals surface area contributed by atoms with Gasteiger partial charge in [-0.15, -0.1) is 0 Å². The van der Waals surface area contributed by atoms with E-state index < -0.39 is 0 Å². The van der Waals surface area contributed by atoms with E-state index in [1.165, 1.54) is 0 Å². The lowest BCUT2D eigenvalue weighted by Gasteiger charge is -2.06. The number of unbranched alkanes of at least 4 members (excludes halogenated alkanes) is 8. The molecule has 0 fully saturated rings. The van der Waals surface area contributed by atoms with Gasteiger partial charge >= 0.3 is 11.9 Å². The van der Waals surface area contributed by atoms with Gasteiger partial charge in [0, 0.05) is 26.1 Å². The average Bonchev–Trinajstić information content (AvgIpc) is 2.61. The van der Waals surface area contributed by atoms with Crippen molar-refractivity contribution in [2.24, 2.45) is 0 Å². The minimum Gasteiger partial charge on any atom is -0.466 e. The number of esters is 2. The van der Waals surface area contributed by atoms with Gasteiger partial charge in [0.1, 0.15) is 0 Å². The maximum Gasteiger partial charge on any atom is 0.305 e. The summed E-state index contributed by atoms with van der Waals surface area (Å²) in [5.74, 6) is -0.298. The molecule has 0 rings (SSSR count). The summed E-state index contributed by atoms with van der Waals surface area (Å²) in [6, 6.07) is 0. The van der Waals surface area contributed by atoms with Gasteiger partial charge in [-0.05, 0) is 38.5 Å². The largest absolute Gasteiger partial charge is 0.466 e. The van der Waals surface area contributed by atoms with Crippen LogP contribution < -0.4 is 0 Å². The van der Waals surface area contributed by atoms with Crippen LogP contribution in [-0.2, 0) is 19.1 Å². The Morgan fingerprint density at radius 1 is 0.520 bits per heavy atom. The molecule has 6 nitrogen and oxygen atoms in total. The van der Waals surface area contributed by atoms with Crippen molar-refractivity contribution in [3.05, 3.63) is 0 Å². The topological polar surface area (TPSA) is 93.1 Å². The van der Waals surface area contributed by atoms with Gasteiger partial charge in [-0.3, -0.25) is 9.59 Å². The van der Waals surface area contributed by atoms with Crippen molar-refractivity contribution >= 4 is 11.9 Å². The Morgan fingerprint density at radius 3 is 1.28 bits per heavy atom. The molecule has 0 amide bonds. The summed E-state index contributed by atoms with van der Waals surface area (Å²) in [6.45, 7) is 1.31. The monoisotopic (exact) mass is 360 g/mol. The third kappa shape index (κ3) is 19.0. The van der Waals surface area contributed by atoms with Gasteiger partial charge in [-0.2, -0.15) is 0 Å². The first-order valence-electron chi connectivity index (χ1n) is 9.73. The highest BCUT2D eigenvalue weighted by Crippen LogP contribution is 2.06. The van der Waals surface area contributed by atoms with Crippen LogP contribution in [0.25, 0.3) is 0 Å². The highest BCUT2D eigenvalue weighted by molar-refractivity contribution is 5.69. The first-order valence-corrected chi connectivity index (χ1v) is 9.73. The predicted molar refractivity (Wildman–Crippen MR) is 96.1 cm³/mol. The van der Waals surface area contributed by atoms with Gasteiger partial charge in [0.2, 0.25) is 0 Å². The summed E-state index contributed by atoms with van der Waals surface area (Å²) < 4.78 is 10.3. The van der Waals surface area contributed by atoms with Crippen molar-refractivity contribution in [3.63, 3.8) is 0 Å². The van der Waals surface area contributed by atoms with Crippen molar-refractivity contribution in [2.75, 3.05) is 26.4 Å². The third-order valence-corrected chi connectivity index (χ3v) is 3.89. The number of hydrogen-bond donors (Lipinski definition) is 2. The molecule has 0 aromatic heterocycles. The second-order valence-electron chi connectivity index (χ2n) is 6.28. The van der Waals surface area contributed by atoms with Crippen molar-refractivity contribution in [1.29, 1.82) is 0 Å². The molecule has 0 aliphatic rings. The Hall–Kier alpha value is -1.14. The molecule has 0 atom stereocenters. The van der Waals surface area contributed by atoms with E-state index in [4.69, 9.17) is 19.7 Å². The molecule has 0 heterocycles. The average molecular weight is 360 g/mol. The van der Waals surface area contributed by atoms with Crippen LogP contribution in [0.4, 0.5) is 0 Å². The lowest BCUT2D eigenvalue weighted by Crippen LogP contribution is -2.06. The van der Waals surface area contributed by atoms with Crippen LogP contribution in [0.2, 0.25) is 0 Å². The number of aliphatic hydroxyl groups is 2. The van der Waals surface area contributed by atoms with Gasteiger partial charge in [0.15, 0.2) is 0 Å². The van der Waals surface area contributed by atoms with E-state index in [2.05, 4.69) is 0 Å². The van der Waals surface area contributed by atoms with E-state index in [1.54, 1.807) is 0 Å². The van der Waals surface area contributed by atoms with Crippen molar-refractivity contribution in [3.8, 4) is 0 Å². The van der Waals surface area contributed by atoms with Crippen LogP contribution in [-0.4, -0.2) is 48.6 Å². The standard InChI is InChI=1S/C19H36O6/c20-14-8-4-6-12-18(22)24-16-10-2-1-3-11-17-25-19(23)13-7-5-9-15-21/h20-21H,1-17H2. The summed E-state index contributed by atoms with van der Waals surface area (Å²) >= 11 is 0. The van der Waals surface area contributed by atoms with E-state index in [9.17, 15) is 9.59 Å². The summed E-state index contributed by atoms with van der Waals surface area (Å²) in [7, 11) is 0. The molecular formula is C19H36O6. The Kier molecular flexibility index (Phi) is 18.3. The number of aliphatic hydroxyl groups excluding tert-OH is 2. The summed E-state index contributed by atoms with van der Waals surface area (Å²) in [5.41, 5.74) is 0. The number of hydrogen-bond acceptors (Lipinski definition) is 6. The second-order valence-corrected chi connectivity index (χ2v) is 6.28. The molecule has 2 N–H and O–H groups in total. The Labute approximate surface area is 151 Å². The molecule has 0 bridgehead atoms. The molecule has 6 heteroatoms. The van der Waals surface area contributed by atoms with Crippen LogP contribution in [0.5, 0.6) is 0 Å². The van der Waals surface area contributed by atoms with Crippen molar-refractivity contribution in [1.82, 2.24) is 0 Å². The van der Waals surface area contributed by atoms with Crippen LogP contribution in [0, 0.1) is 0 Å². The van der Waals surface area contributed by atoms with Gasteiger partial charge in [-0.25, -0.2) is 0 Å². The molecule has 0 saturated carbocycles. The third-order valence-electron chi connectivity index (χ3n) is 3.89. The van der Waals surface area contributed by atoms with Crippen molar-refractivity contribution < 1.29 is 29.3 Å². The lowest BCUT2D eigenvalue weighted by atomic mass is 10.1. The predicted octanol–water partition coefficient (Wildman–Crippen LogP) is 3.13. The first kappa shape index (κ1) is 23.9. The Morgan fingerprint density at radius 2 is 0.880 bits per heavy atom. The second kappa shape index (κ2) is 19.2. The number of rotatable bonds is 18. The van der Waals surface area contributed by atoms with Crippen LogP contribution in [0.3, 0.4) is 0 Å². The molecule has 0 saturated heterocycles. The fourth-order valence-electron chi connectivity index (χ4n) is 2.37. The van der Waals surface area contributed by atoms with Gasteiger partial charge in [0.25, 0.3) is 0 Å².